The molecule has 1 fully saturated rings. The van der Waals surface area contributed by atoms with Crippen LogP contribution in [0.2, 0.25) is 0 Å². The topological polar surface area (TPSA) is 35.6 Å². The number of hydrogen-bond donors (Lipinski definition) is 1. The number of amides is 2. The zero-order valence-electron chi connectivity index (χ0n) is 12.3. The third kappa shape index (κ3) is 2.40. The monoisotopic (exact) mass is 273 g/mol. The average molecular weight is 273 g/mol. The molecule has 0 saturated carbocycles. The zero-order chi connectivity index (χ0) is 14.1. The highest BCUT2D eigenvalue weighted by Gasteiger charge is 2.32. The maximum atomic E-state index is 12.3. The van der Waals surface area contributed by atoms with E-state index in [9.17, 15) is 4.79 Å². The Kier molecular flexibility index (Phi) is 3.66. The summed E-state index contributed by atoms with van der Waals surface area (Å²) in [6, 6.07) is 9.22. The zero-order valence-corrected chi connectivity index (χ0v) is 12.3. The van der Waals surface area contributed by atoms with E-state index in [0.717, 1.165) is 31.6 Å². The van der Waals surface area contributed by atoms with Crippen molar-refractivity contribution in [3.8, 4) is 0 Å². The third-order valence-corrected chi connectivity index (χ3v) is 4.49. The van der Waals surface area contributed by atoms with Gasteiger partial charge in [-0.1, -0.05) is 18.2 Å². The van der Waals surface area contributed by atoms with Gasteiger partial charge in [0.25, 0.3) is 0 Å². The Labute approximate surface area is 120 Å². The van der Waals surface area contributed by atoms with Crippen molar-refractivity contribution < 1.29 is 4.79 Å². The molecule has 0 aromatic heterocycles. The highest BCUT2D eigenvalue weighted by molar-refractivity contribution is 5.95. The van der Waals surface area contributed by atoms with Crippen molar-refractivity contribution in [2.24, 2.45) is 0 Å². The number of piperidine rings is 1. The fraction of sp³-hybridized carbons (Fsp3) is 0.562. The first-order valence-electron chi connectivity index (χ1n) is 7.56. The number of benzene rings is 1. The van der Waals surface area contributed by atoms with Gasteiger partial charge in [0.2, 0.25) is 0 Å². The molecule has 2 aliphatic heterocycles. The van der Waals surface area contributed by atoms with Crippen molar-refractivity contribution in [3.63, 3.8) is 0 Å². The third-order valence-electron chi connectivity index (χ3n) is 4.49. The lowest BCUT2D eigenvalue weighted by atomic mass is 9.99. The molecule has 3 rings (SSSR count). The number of nitrogens with zero attached hydrogens (tertiary/aromatic N) is 2. The van der Waals surface area contributed by atoms with E-state index in [1.807, 2.05) is 17.0 Å². The molecule has 108 valence electrons. The summed E-state index contributed by atoms with van der Waals surface area (Å²) >= 11 is 0. The van der Waals surface area contributed by atoms with Gasteiger partial charge < -0.3 is 10.2 Å². The van der Waals surface area contributed by atoms with Gasteiger partial charge in [-0.2, -0.15) is 0 Å². The van der Waals surface area contributed by atoms with E-state index in [1.165, 1.54) is 5.56 Å². The summed E-state index contributed by atoms with van der Waals surface area (Å²) in [6.07, 6.45) is 2.11. The molecule has 0 bridgehead atoms. The summed E-state index contributed by atoms with van der Waals surface area (Å²) in [5, 5.41) is 2.99. The van der Waals surface area contributed by atoms with Crippen LogP contribution in [0.15, 0.2) is 24.3 Å². The number of carbonyl (C=O) groups excluding carboxylic acids is 1. The first-order chi connectivity index (χ1) is 9.66. The summed E-state index contributed by atoms with van der Waals surface area (Å²) in [6.45, 7) is 7.28. The minimum absolute atomic E-state index is 0.0618. The molecule has 0 spiro atoms. The molecular weight excluding hydrogens is 250 g/mol. The first kappa shape index (κ1) is 13.4. The van der Waals surface area contributed by atoms with Gasteiger partial charge in [-0.25, -0.2) is 4.79 Å². The normalized spacial score (nSPS) is 20.9. The van der Waals surface area contributed by atoms with Crippen molar-refractivity contribution in [2.45, 2.75) is 45.3 Å². The summed E-state index contributed by atoms with van der Waals surface area (Å²) in [4.78, 5) is 16.7. The fourth-order valence-electron chi connectivity index (χ4n) is 3.28. The molecule has 0 atom stereocenters. The largest absolute Gasteiger partial charge is 0.334 e. The van der Waals surface area contributed by atoms with Crippen LogP contribution < -0.4 is 10.2 Å². The Morgan fingerprint density at radius 2 is 1.90 bits per heavy atom. The summed E-state index contributed by atoms with van der Waals surface area (Å²) in [5.74, 6) is 0. The molecule has 1 aromatic rings. The predicted molar refractivity (Wildman–Crippen MR) is 80.9 cm³/mol. The number of urea groups is 1. The molecule has 1 aromatic carbocycles. The molecule has 1 N–H and O–H groups in total. The van der Waals surface area contributed by atoms with Crippen LogP contribution in [-0.2, 0) is 6.54 Å². The first-order valence-corrected chi connectivity index (χ1v) is 7.56. The average Bonchev–Trinajstić information content (AvgIpc) is 2.47. The Morgan fingerprint density at radius 3 is 2.60 bits per heavy atom. The number of rotatable bonds is 2. The van der Waals surface area contributed by atoms with Crippen molar-refractivity contribution in [3.05, 3.63) is 29.8 Å². The van der Waals surface area contributed by atoms with E-state index >= 15 is 0 Å². The highest BCUT2D eigenvalue weighted by atomic mass is 16.2. The molecule has 2 amide bonds. The van der Waals surface area contributed by atoms with Gasteiger partial charge in [0.05, 0.1) is 5.69 Å². The summed E-state index contributed by atoms with van der Waals surface area (Å²) in [5.41, 5.74) is 2.32. The highest BCUT2D eigenvalue weighted by Crippen LogP contribution is 2.30. The van der Waals surface area contributed by atoms with E-state index < -0.39 is 0 Å². The van der Waals surface area contributed by atoms with Crippen LogP contribution in [0.4, 0.5) is 10.5 Å². The molecule has 4 heteroatoms. The summed E-state index contributed by atoms with van der Waals surface area (Å²) < 4.78 is 0. The quantitative estimate of drug-likeness (QED) is 0.899. The van der Waals surface area contributed by atoms with E-state index in [4.69, 9.17) is 0 Å². The van der Waals surface area contributed by atoms with Crippen molar-refractivity contribution in [2.75, 3.05) is 18.0 Å². The molecular formula is C16H23N3O. The van der Waals surface area contributed by atoms with E-state index in [-0.39, 0.29) is 6.03 Å². The number of fused-ring (bicyclic) bond motifs is 1. The van der Waals surface area contributed by atoms with Gasteiger partial charge >= 0.3 is 6.03 Å². The lowest BCUT2D eigenvalue weighted by molar-refractivity contribution is 0.168. The van der Waals surface area contributed by atoms with Gasteiger partial charge in [-0.05, 0) is 38.3 Å². The number of carbonyl (C=O) groups is 1. The maximum absolute atomic E-state index is 12.3. The minimum atomic E-state index is 0.0618. The minimum Gasteiger partial charge on any atom is -0.334 e. The van der Waals surface area contributed by atoms with E-state index in [2.05, 4.69) is 36.2 Å². The second kappa shape index (κ2) is 5.44. The maximum Gasteiger partial charge on any atom is 0.322 e. The Bertz CT molecular complexity index is 492. The lowest BCUT2D eigenvalue weighted by Crippen LogP contribution is -2.54. The fourth-order valence-corrected chi connectivity index (χ4v) is 3.28. The SMILES string of the molecule is CC(C)N1CCC(N2C(=O)NCc3ccccc32)CC1. The number of anilines is 1. The summed E-state index contributed by atoms with van der Waals surface area (Å²) in [7, 11) is 0. The molecule has 20 heavy (non-hydrogen) atoms. The van der Waals surface area contributed by atoms with Crippen molar-refractivity contribution in [1.29, 1.82) is 0 Å². The predicted octanol–water partition coefficient (Wildman–Crippen LogP) is 2.59. The van der Waals surface area contributed by atoms with Crippen LogP contribution in [-0.4, -0.2) is 36.1 Å². The second-order valence-corrected chi connectivity index (χ2v) is 6.02. The van der Waals surface area contributed by atoms with Crippen LogP contribution in [0.3, 0.4) is 0 Å². The molecule has 2 aliphatic rings. The van der Waals surface area contributed by atoms with Crippen LogP contribution in [0.5, 0.6) is 0 Å². The molecule has 1 saturated heterocycles. The van der Waals surface area contributed by atoms with Gasteiger partial charge in [-0.15, -0.1) is 0 Å². The van der Waals surface area contributed by atoms with Gasteiger partial charge in [0, 0.05) is 31.7 Å². The molecule has 0 unspecified atom stereocenters. The number of para-hydroxylation sites is 1. The lowest BCUT2D eigenvalue weighted by Gasteiger charge is -2.42. The van der Waals surface area contributed by atoms with Crippen LogP contribution in [0.1, 0.15) is 32.3 Å². The van der Waals surface area contributed by atoms with Crippen LogP contribution in [0, 0.1) is 0 Å². The number of hydrogen-bond acceptors (Lipinski definition) is 2. The van der Waals surface area contributed by atoms with Crippen LogP contribution >= 0.6 is 0 Å². The Morgan fingerprint density at radius 1 is 1.20 bits per heavy atom. The van der Waals surface area contributed by atoms with Crippen molar-refractivity contribution in [1.82, 2.24) is 10.2 Å². The Hall–Kier alpha value is -1.55. The Balaban J connectivity index is 1.79. The van der Waals surface area contributed by atoms with Gasteiger partial charge in [-0.3, -0.25) is 4.90 Å². The van der Waals surface area contributed by atoms with Gasteiger partial charge in [0.15, 0.2) is 0 Å². The van der Waals surface area contributed by atoms with E-state index in [1.54, 1.807) is 0 Å². The standard InChI is InChI=1S/C16H23N3O/c1-12(2)18-9-7-14(8-10-18)19-15-6-4-3-5-13(15)11-17-16(19)20/h3-6,12,14H,7-11H2,1-2H3,(H,17,20). The number of likely N-dealkylation sites (tertiary alicyclic amines) is 1. The molecule has 0 radical (unpaired) electrons. The van der Waals surface area contributed by atoms with E-state index in [0.29, 0.717) is 18.6 Å². The van der Waals surface area contributed by atoms with Crippen LogP contribution in [0.25, 0.3) is 0 Å². The van der Waals surface area contributed by atoms with Crippen molar-refractivity contribution >= 4 is 11.7 Å². The smallest absolute Gasteiger partial charge is 0.322 e. The second-order valence-electron chi connectivity index (χ2n) is 6.02. The molecule has 2 heterocycles. The van der Waals surface area contributed by atoms with Gasteiger partial charge in [0.1, 0.15) is 0 Å². The molecule has 0 aliphatic carbocycles. The molecule has 4 nitrogen and oxygen atoms in total. The number of nitrogens with one attached hydrogen (secondary N) is 1.